The molecule has 1 amide bonds. The number of halogens is 1. The van der Waals surface area contributed by atoms with E-state index in [0.29, 0.717) is 24.1 Å². The maximum Gasteiger partial charge on any atom is 0.251 e. The van der Waals surface area contributed by atoms with Crippen LogP contribution in [0.2, 0.25) is 0 Å². The van der Waals surface area contributed by atoms with Gasteiger partial charge >= 0.3 is 0 Å². The second-order valence-corrected chi connectivity index (χ2v) is 6.00. The molecule has 130 valence electrons. The van der Waals surface area contributed by atoms with Gasteiger partial charge in [-0.05, 0) is 43.2 Å². The van der Waals surface area contributed by atoms with Crippen molar-refractivity contribution in [3.63, 3.8) is 0 Å². The Morgan fingerprint density at radius 2 is 2.16 bits per heavy atom. The summed E-state index contributed by atoms with van der Waals surface area (Å²) in [6.07, 6.45) is 3.33. The van der Waals surface area contributed by atoms with E-state index < -0.39 is 0 Å². The van der Waals surface area contributed by atoms with Crippen LogP contribution in [-0.4, -0.2) is 27.0 Å². The van der Waals surface area contributed by atoms with Crippen molar-refractivity contribution >= 4 is 17.1 Å². The molecule has 1 N–H and O–H groups in total. The number of carbonyl (C=O) groups is 1. The predicted molar refractivity (Wildman–Crippen MR) is 95.0 cm³/mol. The molecule has 0 spiro atoms. The van der Waals surface area contributed by atoms with E-state index in [2.05, 4.69) is 26.8 Å². The van der Waals surface area contributed by atoms with Crippen LogP contribution in [0.3, 0.4) is 0 Å². The third-order valence-corrected chi connectivity index (χ3v) is 4.10. The van der Waals surface area contributed by atoms with Crippen LogP contribution in [0.25, 0.3) is 11.2 Å². The van der Waals surface area contributed by atoms with E-state index in [4.69, 9.17) is 0 Å². The van der Waals surface area contributed by atoms with Gasteiger partial charge in [-0.1, -0.05) is 13.0 Å². The Hall–Kier alpha value is -2.76. The number of aryl methyl sites for hydroxylation is 2. The van der Waals surface area contributed by atoms with E-state index in [1.165, 1.54) is 6.07 Å². The predicted octanol–water partition coefficient (Wildman–Crippen LogP) is 3.26. The first-order chi connectivity index (χ1) is 12.1. The van der Waals surface area contributed by atoms with Crippen LogP contribution in [0.5, 0.6) is 0 Å². The first kappa shape index (κ1) is 17.1. The summed E-state index contributed by atoms with van der Waals surface area (Å²) in [6.45, 7) is 5.04. The molecule has 0 fully saturated rings. The summed E-state index contributed by atoms with van der Waals surface area (Å²) >= 11 is 0. The second-order valence-electron chi connectivity index (χ2n) is 6.00. The van der Waals surface area contributed by atoms with Crippen LogP contribution >= 0.6 is 0 Å². The lowest BCUT2D eigenvalue weighted by molar-refractivity contribution is 0.0953. The van der Waals surface area contributed by atoms with Crippen molar-refractivity contribution in [3.8, 4) is 0 Å². The van der Waals surface area contributed by atoms with Crippen molar-refractivity contribution < 1.29 is 9.18 Å². The number of imidazole rings is 1. The second kappa shape index (κ2) is 7.42. The summed E-state index contributed by atoms with van der Waals surface area (Å²) in [6, 6.07) is 8.30. The Labute approximate surface area is 145 Å². The fourth-order valence-corrected chi connectivity index (χ4v) is 2.78. The van der Waals surface area contributed by atoms with Gasteiger partial charge in [-0.3, -0.25) is 4.79 Å². The molecule has 0 saturated heterocycles. The molecule has 0 aliphatic carbocycles. The van der Waals surface area contributed by atoms with Crippen LogP contribution in [-0.2, 0) is 13.0 Å². The molecular formula is C19H21FN4O. The van der Waals surface area contributed by atoms with Gasteiger partial charge in [-0.25, -0.2) is 14.4 Å². The molecule has 0 bridgehead atoms. The lowest BCUT2D eigenvalue weighted by Crippen LogP contribution is -2.26. The summed E-state index contributed by atoms with van der Waals surface area (Å²) in [4.78, 5) is 21.2. The molecule has 5 nitrogen and oxygen atoms in total. The van der Waals surface area contributed by atoms with Crippen LogP contribution in [0.4, 0.5) is 4.39 Å². The van der Waals surface area contributed by atoms with Crippen molar-refractivity contribution in [1.82, 2.24) is 19.9 Å². The number of benzene rings is 1. The number of hydrogen-bond acceptors (Lipinski definition) is 3. The normalized spacial score (nSPS) is 11.0. The number of amides is 1. The van der Waals surface area contributed by atoms with Crippen molar-refractivity contribution in [2.45, 2.75) is 33.2 Å². The largest absolute Gasteiger partial charge is 0.352 e. The molecule has 0 atom stereocenters. The van der Waals surface area contributed by atoms with Gasteiger partial charge in [0, 0.05) is 31.3 Å². The topological polar surface area (TPSA) is 59.8 Å². The fraction of sp³-hybridized carbons (Fsp3) is 0.316. The van der Waals surface area contributed by atoms with Crippen LogP contribution in [0.1, 0.15) is 35.1 Å². The van der Waals surface area contributed by atoms with Gasteiger partial charge in [0.25, 0.3) is 5.91 Å². The molecule has 0 aliphatic rings. The Morgan fingerprint density at radius 3 is 2.92 bits per heavy atom. The van der Waals surface area contributed by atoms with Gasteiger partial charge in [0.2, 0.25) is 0 Å². The van der Waals surface area contributed by atoms with E-state index in [0.717, 1.165) is 30.0 Å². The quantitative estimate of drug-likeness (QED) is 0.749. The molecule has 25 heavy (non-hydrogen) atoms. The molecule has 0 radical (unpaired) electrons. The molecular weight excluding hydrogens is 319 g/mol. The molecule has 0 saturated carbocycles. The zero-order valence-corrected chi connectivity index (χ0v) is 14.4. The lowest BCUT2D eigenvalue weighted by atomic mass is 10.1. The van der Waals surface area contributed by atoms with Gasteiger partial charge in [0.15, 0.2) is 5.65 Å². The van der Waals surface area contributed by atoms with Gasteiger partial charge < -0.3 is 9.88 Å². The SMILES string of the molecule is CCCn1c(CCNC(=O)c2ccc(C)c(F)c2)nc2cccnc21. The number of carbonyl (C=O) groups excluding carboxylic acids is 1. The van der Waals surface area contributed by atoms with Crippen LogP contribution < -0.4 is 5.32 Å². The number of rotatable bonds is 6. The van der Waals surface area contributed by atoms with Crippen molar-refractivity contribution in [2.75, 3.05) is 6.54 Å². The number of nitrogens with one attached hydrogen (secondary N) is 1. The average molecular weight is 340 g/mol. The fourth-order valence-electron chi connectivity index (χ4n) is 2.78. The van der Waals surface area contributed by atoms with Crippen molar-refractivity contribution in [1.29, 1.82) is 0 Å². The van der Waals surface area contributed by atoms with E-state index >= 15 is 0 Å². The minimum atomic E-state index is -0.372. The number of nitrogens with zero attached hydrogens (tertiary/aromatic N) is 3. The number of pyridine rings is 1. The maximum absolute atomic E-state index is 13.6. The standard InChI is InChI=1S/C19H21FN4O/c1-3-11-24-17(23-16-5-4-9-21-18(16)24)8-10-22-19(25)14-7-6-13(2)15(20)12-14/h4-7,9,12H,3,8,10-11H2,1-2H3,(H,22,25). The highest BCUT2D eigenvalue weighted by Gasteiger charge is 2.12. The third kappa shape index (κ3) is 3.68. The van der Waals surface area contributed by atoms with Gasteiger partial charge in [-0.2, -0.15) is 0 Å². The van der Waals surface area contributed by atoms with Gasteiger partial charge in [-0.15, -0.1) is 0 Å². The monoisotopic (exact) mass is 340 g/mol. The minimum Gasteiger partial charge on any atom is -0.352 e. The van der Waals surface area contributed by atoms with Crippen LogP contribution in [0.15, 0.2) is 36.5 Å². The first-order valence-electron chi connectivity index (χ1n) is 8.44. The number of aromatic nitrogens is 3. The highest BCUT2D eigenvalue weighted by Crippen LogP contribution is 2.14. The number of hydrogen-bond donors (Lipinski definition) is 1. The zero-order valence-electron chi connectivity index (χ0n) is 14.4. The molecule has 0 aliphatic heterocycles. The molecule has 2 aromatic heterocycles. The minimum absolute atomic E-state index is 0.282. The van der Waals surface area contributed by atoms with E-state index in [1.54, 1.807) is 25.3 Å². The number of fused-ring (bicyclic) bond motifs is 1. The zero-order chi connectivity index (χ0) is 17.8. The Kier molecular flexibility index (Phi) is 5.07. The molecule has 3 aromatic rings. The summed E-state index contributed by atoms with van der Waals surface area (Å²) in [5.41, 5.74) is 2.58. The van der Waals surface area contributed by atoms with Crippen molar-refractivity contribution in [3.05, 3.63) is 59.3 Å². The molecule has 1 aromatic carbocycles. The molecule has 0 unspecified atom stereocenters. The molecule has 6 heteroatoms. The summed E-state index contributed by atoms with van der Waals surface area (Å²) in [7, 11) is 0. The Bertz CT molecular complexity index is 904. The molecule has 3 rings (SSSR count). The Balaban J connectivity index is 1.69. The van der Waals surface area contributed by atoms with E-state index in [1.807, 2.05) is 12.1 Å². The lowest BCUT2D eigenvalue weighted by Gasteiger charge is -2.08. The smallest absolute Gasteiger partial charge is 0.251 e. The van der Waals surface area contributed by atoms with E-state index in [9.17, 15) is 9.18 Å². The summed E-state index contributed by atoms with van der Waals surface area (Å²) < 4.78 is 15.7. The average Bonchev–Trinajstić information content (AvgIpc) is 2.95. The Morgan fingerprint density at radius 1 is 1.32 bits per heavy atom. The van der Waals surface area contributed by atoms with Crippen molar-refractivity contribution in [2.24, 2.45) is 0 Å². The highest BCUT2D eigenvalue weighted by atomic mass is 19.1. The maximum atomic E-state index is 13.6. The van der Waals surface area contributed by atoms with Gasteiger partial charge in [0.1, 0.15) is 17.2 Å². The summed E-state index contributed by atoms with van der Waals surface area (Å²) in [5.74, 6) is 0.240. The van der Waals surface area contributed by atoms with Gasteiger partial charge in [0.05, 0.1) is 0 Å². The third-order valence-electron chi connectivity index (χ3n) is 4.10. The molecule has 2 heterocycles. The first-order valence-corrected chi connectivity index (χ1v) is 8.44. The highest BCUT2D eigenvalue weighted by molar-refractivity contribution is 5.94. The van der Waals surface area contributed by atoms with E-state index in [-0.39, 0.29) is 11.7 Å². The summed E-state index contributed by atoms with van der Waals surface area (Å²) in [5, 5.41) is 2.83. The van der Waals surface area contributed by atoms with Crippen LogP contribution in [0, 0.1) is 12.7 Å².